The summed E-state index contributed by atoms with van der Waals surface area (Å²) in [6.07, 6.45) is 6.76. The average molecular weight is 226 g/mol. The van der Waals surface area contributed by atoms with Gasteiger partial charge in [-0.3, -0.25) is 0 Å². The van der Waals surface area contributed by atoms with Crippen molar-refractivity contribution >= 4 is 0 Å². The second kappa shape index (κ2) is 6.61. The third kappa shape index (κ3) is 4.84. The van der Waals surface area contributed by atoms with E-state index in [9.17, 15) is 0 Å². The molecular weight excluding hydrogens is 196 g/mol. The van der Waals surface area contributed by atoms with Crippen molar-refractivity contribution < 1.29 is 0 Å². The number of nitrogens with one attached hydrogen (secondary N) is 1. The molecule has 2 heteroatoms. The molecule has 0 aromatic rings. The van der Waals surface area contributed by atoms with Gasteiger partial charge in [0.15, 0.2) is 0 Å². The Labute approximate surface area is 101 Å². The van der Waals surface area contributed by atoms with E-state index >= 15 is 0 Å². The lowest BCUT2D eigenvalue weighted by molar-refractivity contribution is 0.156. The van der Waals surface area contributed by atoms with Crippen molar-refractivity contribution in [3.63, 3.8) is 0 Å². The molecule has 1 saturated carbocycles. The van der Waals surface area contributed by atoms with Crippen molar-refractivity contribution in [3.8, 4) is 0 Å². The van der Waals surface area contributed by atoms with Crippen LogP contribution in [0.1, 0.15) is 52.9 Å². The highest BCUT2D eigenvalue weighted by Gasteiger charge is 2.30. The smallest absolute Gasteiger partial charge is 0.000516 e. The Balaban J connectivity index is 2.04. The fraction of sp³-hybridized carbons (Fsp3) is 1.00. The minimum absolute atomic E-state index is 0.607. The molecule has 0 bridgehead atoms. The van der Waals surface area contributed by atoms with Gasteiger partial charge in [-0.2, -0.15) is 0 Å². The van der Waals surface area contributed by atoms with E-state index in [1.807, 2.05) is 0 Å². The van der Waals surface area contributed by atoms with E-state index in [1.165, 1.54) is 38.6 Å². The van der Waals surface area contributed by atoms with Gasteiger partial charge in [-0.05, 0) is 56.0 Å². The highest BCUT2D eigenvalue weighted by Crippen LogP contribution is 2.39. The Bertz CT molecular complexity index is 185. The van der Waals surface area contributed by atoms with Gasteiger partial charge < -0.3 is 11.1 Å². The molecule has 1 atom stereocenters. The Morgan fingerprint density at radius 2 is 2.00 bits per heavy atom. The van der Waals surface area contributed by atoms with Gasteiger partial charge in [0.25, 0.3) is 0 Å². The van der Waals surface area contributed by atoms with Crippen molar-refractivity contribution in [1.82, 2.24) is 5.32 Å². The molecular formula is C14H30N2. The summed E-state index contributed by atoms with van der Waals surface area (Å²) in [6, 6.07) is 0. The molecule has 1 aliphatic carbocycles. The van der Waals surface area contributed by atoms with Crippen LogP contribution in [0.3, 0.4) is 0 Å². The zero-order valence-electron chi connectivity index (χ0n) is 11.4. The Hall–Kier alpha value is -0.0800. The SMILES string of the molecule is CC(C)CC(CN)CCNCC1(C)CCC1. The molecule has 0 heterocycles. The van der Waals surface area contributed by atoms with Gasteiger partial charge in [-0.1, -0.05) is 27.2 Å². The van der Waals surface area contributed by atoms with E-state index in [2.05, 4.69) is 26.1 Å². The first-order valence-electron chi connectivity index (χ1n) is 6.96. The maximum Gasteiger partial charge on any atom is 0.000516 e. The Morgan fingerprint density at radius 3 is 2.44 bits per heavy atom. The van der Waals surface area contributed by atoms with E-state index in [0.29, 0.717) is 11.3 Å². The molecule has 1 rings (SSSR count). The molecule has 0 aliphatic heterocycles. The normalized spacial score (nSPS) is 20.8. The maximum absolute atomic E-state index is 5.80. The molecule has 1 aliphatic rings. The van der Waals surface area contributed by atoms with Crippen LogP contribution in [0.15, 0.2) is 0 Å². The van der Waals surface area contributed by atoms with Crippen LogP contribution in [0.2, 0.25) is 0 Å². The molecule has 0 saturated heterocycles. The molecule has 96 valence electrons. The highest BCUT2D eigenvalue weighted by molar-refractivity contribution is 4.85. The van der Waals surface area contributed by atoms with Crippen LogP contribution in [0.5, 0.6) is 0 Å². The number of rotatable bonds is 8. The summed E-state index contributed by atoms with van der Waals surface area (Å²) in [5, 5.41) is 3.61. The number of nitrogens with two attached hydrogens (primary N) is 1. The molecule has 0 amide bonds. The van der Waals surface area contributed by atoms with Crippen molar-refractivity contribution in [2.75, 3.05) is 19.6 Å². The summed E-state index contributed by atoms with van der Waals surface area (Å²) in [5.74, 6) is 1.49. The minimum Gasteiger partial charge on any atom is -0.330 e. The molecule has 0 radical (unpaired) electrons. The lowest BCUT2D eigenvalue weighted by Crippen LogP contribution is -2.38. The lowest BCUT2D eigenvalue weighted by atomic mass is 9.70. The van der Waals surface area contributed by atoms with Gasteiger partial charge >= 0.3 is 0 Å². The predicted molar refractivity (Wildman–Crippen MR) is 71.4 cm³/mol. The Kier molecular flexibility index (Phi) is 5.77. The molecule has 3 N–H and O–H groups in total. The van der Waals surface area contributed by atoms with Crippen LogP contribution in [-0.2, 0) is 0 Å². The standard InChI is InChI=1S/C14H30N2/c1-12(2)9-13(10-15)5-8-16-11-14(3)6-4-7-14/h12-13,16H,4-11,15H2,1-3H3. The van der Waals surface area contributed by atoms with Crippen molar-refractivity contribution in [1.29, 1.82) is 0 Å². The molecule has 1 unspecified atom stereocenters. The largest absolute Gasteiger partial charge is 0.330 e. The zero-order valence-corrected chi connectivity index (χ0v) is 11.4. The summed E-state index contributed by atoms with van der Waals surface area (Å²) in [6.45, 7) is 10.2. The fourth-order valence-electron chi connectivity index (χ4n) is 2.65. The molecule has 16 heavy (non-hydrogen) atoms. The quantitative estimate of drug-likeness (QED) is 0.625. The third-order valence-corrected chi connectivity index (χ3v) is 3.98. The van der Waals surface area contributed by atoms with Crippen LogP contribution in [0.4, 0.5) is 0 Å². The van der Waals surface area contributed by atoms with E-state index in [0.717, 1.165) is 19.0 Å². The average Bonchev–Trinajstić information content (AvgIpc) is 2.19. The van der Waals surface area contributed by atoms with Crippen molar-refractivity contribution in [2.24, 2.45) is 23.0 Å². The third-order valence-electron chi connectivity index (χ3n) is 3.98. The topological polar surface area (TPSA) is 38.0 Å². The summed E-state index contributed by atoms with van der Waals surface area (Å²) < 4.78 is 0. The van der Waals surface area contributed by atoms with E-state index < -0.39 is 0 Å². The Morgan fingerprint density at radius 1 is 1.31 bits per heavy atom. The van der Waals surface area contributed by atoms with E-state index in [4.69, 9.17) is 5.73 Å². The van der Waals surface area contributed by atoms with Gasteiger partial charge in [0.2, 0.25) is 0 Å². The van der Waals surface area contributed by atoms with Crippen LogP contribution >= 0.6 is 0 Å². The summed E-state index contributed by atoms with van der Waals surface area (Å²) in [5.41, 5.74) is 6.41. The minimum atomic E-state index is 0.607. The van der Waals surface area contributed by atoms with Gasteiger partial charge in [-0.15, -0.1) is 0 Å². The predicted octanol–water partition coefficient (Wildman–Crippen LogP) is 2.78. The monoisotopic (exact) mass is 226 g/mol. The van der Waals surface area contributed by atoms with E-state index in [-0.39, 0.29) is 0 Å². The fourth-order valence-corrected chi connectivity index (χ4v) is 2.65. The molecule has 0 aromatic carbocycles. The first-order chi connectivity index (χ1) is 7.56. The molecule has 2 nitrogen and oxygen atoms in total. The van der Waals surface area contributed by atoms with Crippen LogP contribution in [0.25, 0.3) is 0 Å². The van der Waals surface area contributed by atoms with Gasteiger partial charge in [-0.25, -0.2) is 0 Å². The van der Waals surface area contributed by atoms with Crippen molar-refractivity contribution in [3.05, 3.63) is 0 Å². The first kappa shape index (κ1) is 14.0. The number of hydrogen-bond donors (Lipinski definition) is 2. The van der Waals surface area contributed by atoms with Gasteiger partial charge in [0, 0.05) is 6.54 Å². The van der Waals surface area contributed by atoms with E-state index in [1.54, 1.807) is 0 Å². The summed E-state index contributed by atoms with van der Waals surface area (Å²) >= 11 is 0. The zero-order chi connectivity index (χ0) is 12.0. The maximum atomic E-state index is 5.80. The molecule has 1 fully saturated rings. The van der Waals surface area contributed by atoms with Crippen LogP contribution < -0.4 is 11.1 Å². The lowest BCUT2D eigenvalue weighted by Gasteiger charge is -2.38. The van der Waals surface area contributed by atoms with Crippen molar-refractivity contribution in [2.45, 2.75) is 52.9 Å². The highest BCUT2D eigenvalue weighted by atomic mass is 14.9. The first-order valence-corrected chi connectivity index (χ1v) is 6.96. The molecule has 0 aromatic heterocycles. The van der Waals surface area contributed by atoms with Gasteiger partial charge in [0.1, 0.15) is 0 Å². The number of hydrogen-bond acceptors (Lipinski definition) is 2. The summed E-state index contributed by atoms with van der Waals surface area (Å²) in [4.78, 5) is 0. The van der Waals surface area contributed by atoms with Crippen LogP contribution in [-0.4, -0.2) is 19.6 Å². The second-order valence-electron chi connectivity index (χ2n) is 6.36. The summed E-state index contributed by atoms with van der Waals surface area (Å²) in [7, 11) is 0. The van der Waals surface area contributed by atoms with Gasteiger partial charge in [0.05, 0.1) is 0 Å². The second-order valence-corrected chi connectivity index (χ2v) is 6.36. The molecule has 0 spiro atoms. The van der Waals surface area contributed by atoms with Crippen LogP contribution in [0, 0.1) is 17.3 Å².